The predicted octanol–water partition coefficient (Wildman–Crippen LogP) is -0.0808. The third-order valence-corrected chi connectivity index (χ3v) is 3.98. The average Bonchev–Trinajstić information content (AvgIpc) is 2.35. The smallest absolute Gasteiger partial charge is 0.0110 e. The van der Waals surface area contributed by atoms with Crippen molar-refractivity contribution in [2.45, 2.75) is 12.8 Å². The predicted molar refractivity (Wildman–Crippen MR) is 72.5 cm³/mol. The molecule has 2 bridgehead atoms. The maximum atomic E-state index is 3.55. The number of piperazine rings is 1. The molecule has 3 heterocycles. The third kappa shape index (κ3) is 4.92. The summed E-state index contributed by atoms with van der Waals surface area (Å²) in [5, 5.41) is 3.55. The van der Waals surface area contributed by atoms with Gasteiger partial charge in [-0.25, -0.2) is 0 Å². The monoisotopic (exact) mass is 240 g/mol. The molecular formula is C13H28N4. The van der Waals surface area contributed by atoms with E-state index in [0.717, 1.165) is 6.54 Å². The van der Waals surface area contributed by atoms with Crippen molar-refractivity contribution in [2.24, 2.45) is 0 Å². The van der Waals surface area contributed by atoms with Crippen LogP contribution >= 0.6 is 0 Å². The lowest BCUT2D eigenvalue weighted by Gasteiger charge is -2.35. The third-order valence-electron chi connectivity index (χ3n) is 3.98. The van der Waals surface area contributed by atoms with Crippen LogP contribution in [-0.2, 0) is 0 Å². The van der Waals surface area contributed by atoms with Crippen molar-refractivity contribution in [3.05, 3.63) is 0 Å². The number of rotatable bonds is 0. The first-order chi connectivity index (χ1) is 8.34. The first-order valence-corrected chi connectivity index (χ1v) is 7.18. The highest BCUT2D eigenvalue weighted by molar-refractivity contribution is 4.73. The molecule has 1 N–H and O–H groups in total. The molecule has 3 saturated heterocycles. The second-order valence-corrected chi connectivity index (χ2v) is 5.44. The summed E-state index contributed by atoms with van der Waals surface area (Å²) < 4.78 is 0. The number of fused-ring (bicyclic) bond motifs is 11. The van der Waals surface area contributed by atoms with Gasteiger partial charge in [-0.2, -0.15) is 0 Å². The van der Waals surface area contributed by atoms with Crippen molar-refractivity contribution >= 4 is 0 Å². The maximum Gasteiger partial charge on any atom is 0.0110 e. The van der Waals surface area contributed by atoms with Crippen molar-refractivity contribution in [3.8, 4) is 0 Å². The van der Waals surface area contributed by atoms with Gasteiger partial charge in [-0.05, 0) is 46.1 Å². The van der Waals surface area contributed by atoms with E-state index in [2.05, 4.69) is 27.1 Å². The van der Waals surface area contributed by atoms with Gasteiger partial charge in [0.05, 0.1) is 0 Å². The van der Waals surface area contributed by atoms with E-state index in [1.165, 1.54) is 71.7 Å². The SMILES string of the molecule is CN1CCCN2CCN(CCCNCC1)CC2. The van der Waals surface area contributed by atoms with Crippen LogP contribution in [0, 0.1) is 0 Å². The van der Waals surface area contributed by atoms with Crippen LogP contribution in [0.5, 0.6) is 0 Å². The van der Waals surface area contributed by atoms with E-state index < -0.39 is 0 Å². The minimum absolute atomic E-state index is 1.14. The highest BCUT2D eigenvalue weighted by Crippen LogP contribution is 2.03. The molecule has 0 radical (unpaired) electrons. The van der Waals surface area contributed by atoms with Crippen LogP contribution in [0.2, 0.25) is 0 Å². The van der Waals surface area contributed by atoms with Crippen LogP contribution in [0.1, 0.15) is 12.8 Å². The zero-order chi connectivity index (χ0) is 11.9. The van der Waals surface area contributed by atoms with Gasteiger partial charge >= 0.3 is 0 Å². The van der Waals surface area contributed by atoms with Crippen LogP contribution in [0.3, 0.4) is 0 Å². The molecule has 3 rings (SSSR count). The quantitative estimate of drug-likeness (QED) is 0.639. The van der Waals surface area contributed by atoms with Gasteiger partial charge in [0.15, 0.2) is 0 Å². The Bertz CT molecular complexity index is 199. The van der Waals surface area contributed by atoms with Gasteiger partial charge in [-0.1, -0.05) is 0 Å². The first-order valence-electron chi connectivity index (χ1n) is 7.18. The molecule has 4 heteroatoms. The molecule has 0 saturated carbocycles. The van der Waals surface area contributed by atoms with E-state index in [4.69, 9.17) is 0 Å². The molecule has 0 aromatic heterocycles. The van der Waals surface area contributed by atoms with E-state index in [1.54, 1.807) is 0 Å². The number of hydrogen-bond donors (Lipinski definition) is 1. The highest BCUT2D eigenvalue weighted by Gasteiger charge is 2.16. The van der Waals surface area contributed by atoms with Gasteiger partial charge < -0.3 is 20.0 Å². The Labute approximate surface area is 106 Å². The Morgan fingerprint density at radius 2 is 1.29 bits per heavy atom. The minimum Gasteiger partial charge on any atom is -0.315 e. The highest BCUT2D eigenvalue weighted by atomic mass is 15.3. The maximum absolute atomic E-state index is 3.55. The van der Waals surface area contributed by atoms with E-state index in [-0.39, 0.29) is 0 Å². The summed E-state index contributed by atoms with van der Waals surface area (Å²) in [5.41, 5.74) is 0. The van der Waals surface area contributed by atoms with Gasteiger partial charge in [0, 0.05) is 39.3 Å². The van der Waals surface area contributed by atoms with Gasteiger partial charge in [-0.3, -0.25) is 0 Å². The number of nitrogens with one attached hydrogen (secondary N) is 1. The van der Waals surface area contributed by atoms with Crippen molar-refractivity contribution in [3.63, 3.8) is 0 Å². The molecule has 0 aromatic carbocycles. The number of hydrogen-bond acceptors (Lipinski definition) is 4. The van der Waals surface area contributed by atoms with Gasteiger partial charge in [0.25, 0.3) is 0 Å². The summed E-state index contributed by atoms with van der Waals surface area (Å²) in [7, 11) is 2.24. The summed E-state index contributed by atoms with van der Waals surface area (Å²) in [6.07, 6.45) is 2.61. The van der Waals surface area contributed by atoms with Crippen LogP contribution in [0.15, 0.2) is 0 Å². The van der Waals surface area contributed by atoms with Crippen LogP contribution in [0.25, 0.3) is 0 Å². The Morgan fingerprint density at radius 1 is 0.647 bits per heavy atom. The van der Waals surface area contributed by atoms with E-state index in [1.807, 2.05) is 0 Å². The lowest BCUT2D eigenvalue weighted by molar-refractivity contribution is 0.125. The fourth-order valence-corrected chi connectivity index (χ4v) is 2.74. The Balaban J connectivity index is 1.77. The largest absolute Gasteiger partial charge is 0.315 e. The molecule has 0 aromatic rings. The Morgan fingerprint density at radius 3 is 2.00 bits per heavy atom. The van der Waals surface area contributed by atoms with Gasteiger partial charge in [0.2, 0.25) is 0 Å². The molecule has 0 atom stereocenters. The molecule has 3 aliphatic heterocycles. The fourth-order valence-electron chi connectivity index (χ4n) is 2.74. The van der Waals surface area contributed by atoms with Crippen molar-refractivity contribution in [1.29, 1.82) is 0 Å². The minimum atomic E-state index is 1.14. The molecular weight excluding hydrogens is 212 g/mol. The van der Waals surface area contributed by atoms with E-state index in [9.17, 15) is 0 Å². The second kappa shape index (κ2) is 7.31. The molecule has 100 valence electrons. The van der Waals surface area contributed by atoms with Crippen LogP contribution in [-0.4, -0.2) is 87.2 Å². The molecule has 0 spiro atoms. The Hall–Kier alpha value is -0.160. The summed E-state index contributed by atoms with van der Waals surface area (Å²) in [6.45, 7) is 12.4. The zero-order valence-corrected chi connectivity index (χ0v) is 11.3. The topological polar surface area (TPSA) is 21.8 Å². The molecule has 0 aliphatic carbocycles. The van der Waals surface area contributed by atoms with Crippen molar-refractivity contribution < 1.29 is 0 Å². The lowest BCUT2D eigenvalue weighted by Crippen LogP contribution is -2.47. The summed E-state index contributed by atoms with van der Waals surface area (Å²) in [4.78, 5) is 7.71. The van der Waals surface area contributed by atoms with Crippen molar-refractivity contribution in [1.82, 2.24) is 20.0 Å². The van der Waals surface area contributed by atoms with E-state index in [0.29, 0.717) is 0 Å². The number of likely N-dealkylation sites (N-methyl/N-ethyl adjacent to an activating group) is 1. The summed E-state index contributed by atoms with van der Waals surface area (Å²) in [5.74, 6) is 0. The average molecular weight is 240 g/mol. The van der Waals surface area contributed by atoms with Gasteiger partial charge in [-0.15, -0.1) is 0 Å². The fraction of sp³-hybridized carbons (Fsp3) is 1.00. The van der Waals surface area contributed by atoms with E-state index >= 15 is 0 Å². The summed E-state index contributed by atoms with van der Waals surface area (Å²) in [6, 6.07) is 0. The molecule has 0 unspecified atom stereocenters. The molecule has 0 amide bonds. The molecule has 4 nitrogen and oxygen atoms in total. The number of nitrogens with zero attached hydrogens (tertiary/aromatic N) is 3. The first kappa shape index (κ1) is 13.3. The normalized spacial score (nSPS) is 34.4. The zero-order valence-electron chi connectivity index (χ0n) is 11.3. The molecule has 3 aliphatic rings. The molecule has 3 fully saturated rings. The van der Waals surface area contributed by atoms with Crippen LogP contribution in [0.4, 0.5) is 0 Å². The summed E-state index contributed by atoms with van der Waals surface area (Å²) >= 11 is 0. The lowest BCUT2D eigenvalue weighted by atomic mass is 10.2. The second-order valence-electron chi connectivity index (χ2n) is 5.44. The standard InChI is InChI=1S/C13H28N4/c1-15-6-3-8-17-12-10-16(11-13-17)7-2-4-14-5-9-15/h14H,2-13H2,1H3. The Kier molecular flexibility index (Phi) is 5.71. The molecule has 17 heavy (non-hydrogen) atoms. The van der Waals surface area contributed by atoms with Crippen molar-refractivity contribution in [2.75, 3.05) is 72.5 Å². The van der Waals surface area contributed by atoms with Crippen LogP contribution < -0.4 is 5.32 Å². The van der Waals surface area contributed by atoms with Gasteiger partial charge in [0.1, 0.15) is 0 Å².